The molecule has 1 aromatic heterocycles. The standard InChI is InChI=1S/C25H27FN6O3/c1-16(33)29-23-13-25(23)15-32(24(34)35-25)20-6-7-21(22(26)12-20)18-4-2-17(3-5-18)8-10-27-11-9-19-14-28-31-30-19/h2-7,12,14,23,27H,8-11,13,15H2,1H3,(H,29,33)(H,28,30,31)/t23-,25?/m1/s1. The van der Waals surface area contributed by atoms with Crippen molar-refractivity contribution in [3.05, 3.63) is 65.7 Å². The normalized spacial score (nSPS) is 20.8. The molecule has 2 amide bonds. The number of carbonyl (C=O) groups excluding carboxylic acids is 2. The minimum atomic E-state index is -0.710. The van der Waals surface area contributed by atoms with Crippen LogP contribution in [0.1, 0.15) is 24.6 Å². The number of amides is 2. The molecule has 3 aromatic rings. The largest absolute Gasteiger partial charge is 0.438 e. The molecule has 2 heterocycles. The van der Waals surface area contributed by atoms with Crippen molar-refractivity contribution in [1.29, 1.82) is 0 Å². The van der Waals surface area contributed by atoms with Gasteiger partial charge in [0.25, 0.3) is 0 Å². The lowest BCUT2D eigenvalue weighted by atomic mass is 10.0. The number of hydrogen-bond acceptors (Lipinski definition) is 6. The number of nitrogens with one attached hydrogen (secondary N) is 3. The highest BCUT2D eigenvalue weighted by Gasteiger charge is 2.64. The molecule has 0 bridgehead atoms. The smallest absolute Gasteiger partial charge is 0.415 e. The van der Waals surface area contributed by atoms with Crippen LogP contribution in [0.15, 0.2) is 48.7 Å². The first-order valence-corrected chi connectivity index (χ1v) is 11.7. The van der Waals surface area contributed by atoms with Crippen LogP contribution >= 0.6 is 0 Å². The fraction of sp³-hybridized carbons (Fsp3) is 0.360. The van der Waals surface area contributed by atoms with Gasteiger partial charge in [0.1, 0.15) is 5.82 Å². The van der Waals surface area contributed by atoms with E-state index in [1.54, 1.807) is 18.3 Å². The Hall–Kier alpha value is -3.79. The number of aromatic amines is 1. The summed E-state index contributed by atoms with van der Waals surface area (Å²) < 4.78 is 20.5. The number of benzene rings is 2. The van der Waals surface area contributed by atoms with E-state index < -0.39 is 17.5 Å². The predicted molar refractivity (Wildman–Crippen MR) is 127 cm³/mol. The molecule has 2 aromatic carbocycles. The fourth-order valence-electron chi connectivity index (χ4n) is 4.47. The average molecular weight is 479 g/mol. The summed E-state index contributed by atoms with van der Waals surface area (Å²) >= 11 is 0. The molecule has 1 saturated carbocycles. The summed E-state index contributed by atoms with van der Waals surface area (Å²) in [5, 5.41) is 16.6. The number of rotatable bonds is 9. The van der Waals surface area contributed by atoms with Gasteiger partial charge >= 0.3 is 6.09 Å². The molecule has 1 spiro atoms. The first kappa shape index (κ1) is 23.0. The second-order valence-corrected chi connectivity index (χ2v) is 9.05. The molecule has 2 aliphatic rings. The van der Waals surface area contributed by atoms with Gasteiger partial charge in [0.05, 0.1) is 30.2 Å². The molecule has 10 heteroatoms. The summed E-state index contributed by atoms with van der Waals surface area (Å²) in [6, 6.07) is 12.4. The third-order valence-electron chi connectivity index (χ3n) is 6.48. The molecule has 2 fully saturated rings. The molecule has 5 rings (SSSR count). The zero-order chi connectivity index (χ0) is 24.4. The summed E-state index contributed by atoms with van der Waals surface area (Å²) in [5.74, 6) is -0.574. The summed E-state index contributed by atoms with van der Waals surface area (Å²) in [5.41, 5.74) is 3.05. The predicted octanol–water partition coefficient (Wildman–Crippen LogP) is 2.59. The number of carbonyl (C=O) groups is 2. The van der Waals surface area contributed by atoms with Crippen LogP contribution in [-0.2, 0) is 22.4 Å². The van der Waals surface area contributed by atoms with Crippen molar-refractivity contribution in [2.45, 2.75) is 37.8 Å². The molecule has 3 N–H and O–H groups in total. The Morgan fingerprint density at radius 1 is 1.23 bits per heavy atom. The number of halogens is 1. The monoisotopic (exact) mass is 478 g/mol. The van der Waals surface area contributed by atoms with Crippen LogP contribution in [0.5, 0.6) is 0 Å². The highest BCUT2D eigenvalue weighted by Crippen LogP contribution is 2.46. The Balaban J connectivity index is 1.16. The molecule has 0 radical (unpaired) electrons. The van der Waals surface area contributed by atoms with Gasteiger partial charge in [0, 0.05) is 31.9 Å². The molecule has 1 saturated heterocycles. The Morgan fingerprint density at radius 3 is 2.74 bits per heavy atom. The van der Waals surface area contributed by atoms with Gasteiger partial charge < -0.3 is 15.4 Å². The number of hydrogen-bond donors (Lipinski definition) is 3. The van der Waals surface area contributed by atoms with Crippen molar-refractivity contribution in [2.75, 3.05) is 24.5 Å². The van der Waals surface area contributed by atoms with E-state index in [0.29, 0.717) is 17.7 Å². The van der Waals surface area contributed by atoms with Crippen molar-refractivity contribution >= 4 is 17.7 Å². The van der Waals surface area contributed by atoms with E-state index in [1.807, 2.05) is 24.3 Å². The molecule has 1 unspecified atom stereocenters. The van der Waals surface area contributed by atoms with Gasteiger partial charge in [-0.25, -0.2) is 9.18 Å². The molecule has 1 aliphatic carbocycles. The third-order valence-corrected chi connectivity index (χ3v) is 6.48. The van der Waals surface area contributed by atoms with Crippen LogP contribution in [0, 0.1) is 5.82 Å². The maximum absolute atomic E-state index is 15.0. The van der Waals surface area contributed by atoms with Crippen LogP contribution in [0.3, 0.4) is 0 Å². The zero-order valence-electron chi connectivity index (χ0n) is 19.4. The fourth-order valence-corrected chi connectivity index (χ4v) is 4.47. The lowest BCUT2D eigenvalue weighted by Crippen LogP contribution is -2.33. The van der Waals surface area contributed by atoms with Crippen LogP contribution in [-0.4, -0.2) is 58.7 Å². The second kappa shape index (κ2) is 9.46. The average Bonchev–Trinajstić information content (AvgIpc) is 3.16. The number of anilines is 1. The molecule has 182 valence electrons. The van der Waals surface area contributed by atoms with Gasteiger partial charge in [-0.3, -0.25) is 9.69 Å². The van der Waals surface area contributed by atoms with Gasteiger partial charge in [-0.2, -0.15) is 15.4 Å². The molecule has 1 aliphatic heterocycles. The number of ether oxygens (including phenoxy) is 1. The number of nitrogens with zero attached hydrogens (tertiary/aromatic N) is 3. The third kappa shape index (κ3) is 5.02. The minimum Gasteiger partial charge on any atom is -0.438 e. The van der Waals surface area contributed by atoms with Crippen molar-refractivity contribution in [3.63, 3.8) is 0 Å². The van der Waals surface area contributed by atoms with Crippen molar-refractivity contribution in [3.8, 4) is 11.1 Å². The molecule has 9 nitrogen and oxygen atoms in total. The Morgan fingerprint density at radius 2 is 2.03 bits per heavy atom. The van der Waals surface area contributed by atoms with Crippen LogP contribution in [0.2, 0.25) is 0 Å². The van der Waals surface area contributed by atoms with E-state index in [0.717, 1.165) is 42.8 Å². The highest BCUT2D eigenvalue weighted by molar-refractivity contribution is 5.91. The van der Waals surface area contributed by atoms with Crippen LogP contribution in [0.4, 0.5) is 14.9 Å². The quantitative estimate of drug-likeness (QED) is 0.408. The summed E-state index contributed by atoms with van der Waals surface area (Å²) in [7, 11) is 0. The maximum atomic E-state index is 15.0. The van der Waals surface area contributed by atoms with E-state index in [-0.39, 0.29) is 18.5 Å². The number of H-pyrrole nitrogens is 1. The SMILES string of the molecule is CC(=O)N[C@@H]1CC12CN(c1ccc(-c3ccc(CCNCCc4cn[nH]n4)cc3)c(F)c1)C(=O)O2. The van der Waals surface area contributed by atoms with Crippen molar-refractivity contribution in [2.24, 2.45) is 0 Å². The van der Waals surface area contributed by atoms with Crippen LogP contribution < -0.4 is 15.5 Å². The highest BCUT2D eigenvalue weighted by atomic mass is 19.1. The topological polar surface area (TPSA) is 112 Å². The summed E-state index contributed by atoms with van der Waals surface area (Å²) in [6.07, 6.45) is 3.44. The Labute approximate surface area is 202 Å². The number of aromatic nitrogens is 3. The van der Waals surface area contributed by atoms with E-state index in [9.17, 15) is 9.59 Å². The molecular weight excluding hydrogens is 451 g/mol. The van der Waals surface area contributed by atoms with Gasteiger partial charge in [0.2, 0.25) is 5.91 Å². The summed E-state index contributed by atoms with van der Waals surface area (Å²) in [6.45, 7) is 3.37. The second-order valence-electron chi connectivity index (χ2n) is 9.05. The van der Waals surface area contributed by atoms with Gasteiger partial charge in [-0.1, -0.05) is 24.3 Å². The maximum Gasteiger partial charge on any atom is 0.415 e. The molecular formula is C25H27FN6O3. The zero-order valence-corrected chi connectivity index (χ0v) is 19.4. The van der Waals surface area contributed by atoms with Gasteiger partial charge in [-0.05, 0) is 42.3 Å². The van der Waals surface area contributed by atoms with E-state index in [4.69, 9.17) is 4.74 Å². The van der Waals surface area contributed by atoms with E-state index >= 15 is 4.39 Å². The van der Waals surface area contributed by atoms with Crippen molar-refractivity contribution < 1.29 is 18.7 Å². The van der Waals surface area contributed by atoms with Gasteiger partial charge in [-0.15, -0.1) is 0 Å². The van der Waals surface area contributed by atoms with E-state index in [1.165, 1.54) is 17.9 Å². The van der Waals surface area contributed by atoms with Crippen molar-refractivity contribution in [1.82, 2.24) is 26.0 Å². The lowest BCUT2D eigenvalue weighted by molar-refractivity contribution is -0.119. The molecule has 35 heavy (non-hydrogen) atoms. The first-order valence-electron chi connectivity index (χ1n) is 11.7. The van der Waals surface area contributed by atoms with Crippen LogP contribution in [0.25, 0.3) is 11.1 Å². The lowest BCUT2D eigenvalue weighted by Gasteiger charge is -2.15. The molecule has 2 atom stereocenters. The van der Waals surface area contributed by atoms with E-state index in [2.05, 4.69) is 26.0 Å². The first-order chi connectivity index (χ1) is 16.9. The Kier molecular flexibility index (Phi) is 6.21. The summed E-state index contributed by atoms with van der Waals surface area (Å²) in [4.78, 5) is 25.1. The minimum absolute atomic E-state index is 0.165. The van der Waals surface area contributed by atoms with Gasteiger partial charge in [0.15, 0.2) is 5.60 Å². The Bertz CT molecular complexity index is 1220.